The van der Waals surface area contributed by atoms with Crippen LogP contribution in [0.2, 0.25) is 0 Å². The lowest BCUT2D eigenvalue weighted by Crippen LogP contribution is -2.41. The summed E-state index contributed by atoms with van der Waals surface area (Å²) in [6.07, 6.45) is 2.90. The Morgan fingerprint density at radius 1 is 1.50 bits per heavy atom. The quantitative estimate of drug-likeness (QED) is 0.506. The molecule has 16 heavy (non-hydrogen) atoms. The van der Waals surface area contributed by atoms with Crippen LogP contribution >= 0.6 is 11.8 Å². The number of esters is 1. The minimum absolute atomic E-state index is 0.354. The van der Waals surface area contributed by atoms with Crippen molar-refractivity contribution in [1.82, 2.24) is 5.32 Å². The minimum atomic E-state index is -1.20. The highest BCUT2D eigenvalue weighted by Crippen LogP contribution is 2.03. The van der Waals surface area contributed by atoms with Gasteiger partial charge >= 0.3 is 12.1 Å². The Balaban J connectivity index is 4.04. The zero-order valence-corrected chi connectivity index (χ0v) is 10.5. The number of thioether (sulfide) groups is 1. The Kier molecular flexibility index (Phi) is 8.80. The summed E-state index contributed by atoms with van der Waals surface area (Å²) in [5.74, 6) is 0.235. The van der Waals surface area contributed by atoms with Gasteiger partial charge in [0.25, 0.3) is 0 Å². The van der Waals surface area contributed by atoms with Crippen molar-refractivity contribution < 1.29 is 19.4 Å². The van der Waals surface area contributed by atoms with Crippen LogP contribution < -0.4 is 5.32 Å². The monoisotopic (exact) mass is 249 g/mol. The smallest absolute Gasteiger partial charge is 0.405 e. The molecule has 0 aromatic rings. The molecule has 0 aliphatic rings. The van der Waals surface area contributed by atoms with E-state index in [1.165, 1.54) is 0 Å². The van der Waals surface area contributed by atoms with E-state index < -0.39 is 18.1 Å². The molecule has 2 N–H and O–H groups in total. The number of rotatable bonds is 8. The van der Waals surface area contributed by atoms with Crippen LogP contribution in [0.25, 0.3) is 0 Å². The second-order valence-electron chi connectivity index (χ2n) is 3.30. The molecule has 1 atom stereocenters. The van der Waals surface area contributed by atoms with Gasteiger partial charge in [-0.1, -0.05) is 13.3 Å². The van der Waals surface area contributed by atoms with Crippen molar-refractivity contribution in [2.45, 2.75) is 32.2 Å². The molecule has 0 aliphatic carbocycles. The van der Waals surface area contributed by atoms with Gasteiger partial charge in [0.05, 0.1) is 6.61 Å². The third kappa shape index (κ3) is 7.39. The fraction of sp³-hybridized carbons (Fsp3) is 0.800. The fourth-order valence-corrected chi connectivity index (χ4v) is 1.52. The first-order valence-corrected chi connectivity index (χ1v) is 6.66. The maximum absolute atomic E-state index is 11.5. The molecule has 0 fully saturated rings. The second kappa shape index (κ2) is 9.33. The first-order valence-electron chi connectivity index (χ1n) is 5.26. The van der Waals surface area contributed by atoms with Gasteiger partial charge in [-0.2, -0.15) is 11.8 Å². The van der Waals surface area contributed by atoms with Gasteiger partial charge in [-0.05, 0) is 24.9 Å². The predicted octanol–water partition coefficient (Wildman–Crippen LogP) is 1.72. The van der Waals surface area contributed by atoms with Crippen LogP contribution in [-0.2, 0) is 9.53 Å². The molecule has 1 unspecified atom stereocenters. The van der Waals surface area contributed by atoms with Gasteiger partial charge in [-0.15, -0.1) is 0 Å². The molecule has 1 amide bonds. The Morgan fingerprint density at radius 3 is 2.69 bits per heavy atom. The number of amides is 1. The summed E-state index contributed by atoms with van der Waals surface area (Å²) in [7, 11) is 0. The van der Waals surface area contributed by atoms with E-state index in [1.54, 1.807) is 11.8 Å². The molecule has 0 saturated carbocycles. The third-order valence-corrected chi connectivity index (χ3v) is 2.58. The van der Waals surface area contributed by atoms with Gasteiger partial charge in [0.15, 0.2) is 0 Å². The summed E-state index contributed by atoms with van der Waals surface area (Å²) in [6, 6.07) is -0.748. The maximum Gasteiger partial charge on any atom is 0.405 e. The average molecular weight is 249 g/mol. The molecule has 0 rings (SSSR count). The lowest BCUT2D eigenvalue weighted by Gasteiger charge is -2.15. The van der Waals surface area contributed by atoms with Crippen molar-refractivity contribution >= 4 is 23.8 Å². The average Bonchev–Trinajstić information content (AvgIpc) is 2.23. The van der Waals surface area contributed by atoms with E-state index in [1.807, 2.05) is 13.2 Å². The highest BCUT2D eigenvalue weighted by Gasteiger charge is 2.21. The first kappa shape index (κ1) is 15.1. The summed E-state index contributed by atoms with van der Waals surface area (Å²) in [6.45, 7) is 2.35. The minimum Gasteiger partial charge on any atom is -0.465 e. The van der Waals surface area contributed by atoms with Crippen LogP contribution in [0.4, 0.5) is 4.79 Å². The zero-order valence-electron chi connectivity index (χ0n) is 9.69. The normalized spacial score (nSPS) is 11.9. The summed E-state index contributed by atoms with van der Waals surface area (Å²) in [5.41, 5.74) is 0. The molecule has 0 spiro atoms. The van der Waals surface area contributed by atoms with Crippen molar-refractivity contribution in [3.8, 4) is 0 Å². The topological polar surface area (TPSA) is 75.6 Å². The van der Waals surface area contributed by atoms with E-state index in [4.69, 9.17) is 9.84 Å². The molecular formula is C10H19NO4S. The van der Waals surface area contributed by atoms with Crippen LogP contribution in [0.15, 0.2) is 0 Å². The van der Waals surface area contributed by atoms with Crippen LogP contribution in [0.3, 0.4) is 0 Å². The van der Waals surface area contributed by atoms with Gasteiger partial charge in [-0.3, -0.25) is 0 Å². The summed E-state index contributed by atoms with van der Waals surface area (Å²) in [4.78, 5) is 22.0. The Bertz CT molecular complexity index is 223. The molecule has 5 nitrogen and oxygen atoms in total. The number of nitrogens with one attached hydrogen (secondary N) is 1. The lowest BCUT2D eigenvalue weighted by atomic mass is 10.2. The van der Waals surface area contributed by atoms with Crippen LogP contribution in [0.5, 0.6) is 0 Å². The largest absolute Gasteiger partial charge is 0.465 e. The SMILES string of the molecule is CCCCOC(=O)C(CCSC)NC(=O)O. The number of carbonyl (C=O) groups excluding carboxylic acids is 1. The zero-order chi connectivity index (χ0) is 12.4. The third-order valence-electron chi connectivity index (χ3n) is 1.94. The first-order chi connectivity index (χ1) is 7.61. The number of carbonyl (C=O) groups is 2. The Hall–Kier alpha value is -0.910. The van der Waals surface area contributed by atoms with Gasteiger partial charge in [0.2, 0.25) is 0 Å². The summed E-state index contributed by atoms with van der Waals surface area (Å²) < 4.78 is 4.97. The van der Waals surface area contributed by atoms with Gasteiger partial charge in [0.1, 0.15) is 6.04 Å². The highest BCUT2D eigenvalue weighted by atomic mass is 32.2. The lowest BCUT2D eigenvalue weighted by molar-refractivity contribution is -0.146. The number of carboxylic acid groups (broad SMARTS) is 1. The number of ether oxygens (including phenoxy) is 1. The number of unbranched alkanes of at least 4 members (excludes halogenated alkanes) is 1. The summed E-state index contributed by atoms with van der Waals surface area (Å²) >= 11 is 1.56. The van der Waals surface area contributed by atoms with E-state index in [9.17, 15) is 9.59 Å². The maximum atomic E-state index is 11.5. The molecule has 0 aliphatic heterocycles. The van der Waals surface area contributed by atoms with Crippen LogP contribution in [0.1, 0.15) is 26.2 Å². The van der Waals surface area contributed by atoms with Gasteiger partial charge < -0.3 is 15.2 Å². The Labute approximate surface area is 99.9 Å². The van der Waals surface area contributed by atoms with Crippen molar-refractivity contribution in [2.24, 2.45) is 0 Å². The molecule has 0 bridgehead atoms. The number of hydrogen-bond donors (Lipinski definition) is 2. The van der Waals surface area contributed by atoms with Crippen molar-refractivity contribution in [1.29, 1.82) is 0 Å². The molecule has 0 saturated heterocycles. The van der Waals surface area contributed by atoms with Crippen LogP contribution in [0, 0.1) is 0 Å². The van der Waals surface area contributed by atoms with Gasteiger partial charge in [0, 0.05) is 0 Å². The predicted molar refractivity (Wildman–Crippen MR) is 63.8 cm³/mol. The van der Waals surface area contributed by atoms with Gasteiger partial charge in [-0.25, -0.2) is 9.59 Å². The molecule has 94 valence electrons. The van der Waals surface area contributed by atoms with Crippen LogP contribution in [-0.4, -0.2) is 41.8 Å². The molecule has 0 heterocycles. The van der Waals surface area contributed by atoms with Crippen molar-refractivity contribution in [3.63, 3.8) is 0 Å². The fourth-order valence-electron chi connectivity index (χ4n) is 1.05. The standard InChI is InChI=1S/C10H19NO4S/c1-3-4-6-15-9(12)8(5-7-16-2)11-10(13)14/h8,11H,3-7H2,1-2H3,(H,13,14). The second-order valence-corrected chi connectivity index (χ2v) is 4.29. The summed E-state index contributed by atoms with van der Waals surface area (Å²) in [5, 5.41) is 10.7. The van der Waals surface area contributed by atoms with E-state index >= 15 is 0 Å². The number of hydrogen-bond acceptors (Lipinski definition) is 4. The molecule has 0 aromatic carbocycles. The van der Waals surface area contributed by atoms with E-state index in [-0.39, 0.29) is 0 Å². The van der Waals surface area contributed by atoms with E-state index in [0.29, 0.717) is 18.8 Å². The van der Waals surface area contributed by atoms with E-state index in [0.717, 1.165) is 12.8 Å². The molecule has 0 radical (unpaired) electrons. The molecule has 6 heteroatoms. The van der Waals surface area contributed by atoms with Crippen molar-refractivity contribution in [2.75, 3.05) is 18.6 Å². The van der Waals surface area contributed by atoms with E-state index in [2.05, 4.69) is 5.32 Å². The molecular weight excluding hydrogens is 230 g/mol. The Morgan fingerprint density at radius 2 is 2.19 bits per heavy atom. The molecule has 0 aromatic heterocycles. The van der Waals surface area contributed by atoms with Crippen molar-refractivity contribution in [3.05, 3.63) is 0 Å². The highest BCUT2D eigenvalue weighted by molar-refractivity contribution is 7.98.